The van der Waals surface area contributed by atoms with Gasteiger partial charge in [0.2, 0.25) is 0 Å². The summed E-state index contributed by atoms with van der Waals surface area (Å²) in [5.74, 6) is 0. The number of nitrogens with zero attached hydrogens (tertiary/aromatic N) is 3. The Labute approximate surface area is 111 Å². The molecule has 0 spiro atoms. The Morgan fingerprint density at radius 3 is 2.50 bits per heavy atom. The third-order valence-electron chi connectivity index (χ3n) is 2.22. The third kappa shape index (κ3) is 6.66. The number of aryl methyl sites for hydroxylation is 1. The molecule has 0 saturated carbocycles. The first-order valence-electron chi connectivity index (χ1n) is 5.23. The maximum atomic E-state index is 3.89. The van der Waals surface area contributed by atoms with Gasteiger partial charge in [-0.15, -0.1) is 0 Å². The van der Waals surface area contributed by atoms with Crippen LogP contribution >= 0.6 is 0 Å². The molecule has 0 fully saturated rings. The van der Waals surface area contributed by atoms with Crippen molar-refractivity contribution >= 4 is 0 Å². The third-order valence-corrected chi connectivity index (χ3v) is 2.22. The van der Waals surface area contributed by atoms with Crippen LogP contribution in [-0.4, -0.2) is 10.3 Å². The Morgan fingerprint density at radius 1 is 1.14 bits per heavy atom. The number of hydrogen-bond acceptors (Lipinski definition) is 2. The molecule has 1 rings (SSSR count). The summed E-state index contributed by atoms with van der Waals surface area (Å²) in [7, 11) is 0. The van der Waals surface area contributed by atoms with Crippen molar-refractivity contribution in [3.05, 3.63) is 11.9 Å². The molecule has 77 valence electrons. The van der Waals surface area contributed by atoms with Gasteiger partial charge in [-0.25, -0.2) is 0 Å². The molecule has 0 amide bonds. The molecule has 4 heteroatoms. The Kier molecular flexibility index (Phi) is 9.96. The van der Waals surface area contributed by atoms with E-state index in [9.17, 15) is 0 Å². The van der Waals surface area contributed by atoms with E-state index in [2.05, 4.69) is 22.3 Å². The Balaban J connectivity index is 0.00000169. The monoisotopic (exact) mass is 269 g/mol. The fraction of sp³-hybridized carbons (Fsp3) is 0.800. The Morgan fingerprint density at radius 2 is 1.86 bits per heavy atom. The minimum Gasteiger partial charge on any atom is -0.358 e. The molecule has 3 nitrogen and oxygen atoms in total. The van der Waals surface area contributed by atoms with Gasteiger partial charge in [0.05, 0.1) is 0 Å². The van der Waals surface area contributed by atoms with Gasteiger partial charge in [-0.1, -0.05) is 50.9 Å². The van der Waals surface area contributed by atoms with Crippen molar-refractivity contribution < 1.29 is 32.7 Å². The van der Waals surface area contributed by atoms with E-state index < -0.39 is 0 Å². The molecule has 0 saturated heterocycles. The summed E-state index contributed by atoms with van der Waals surface area (Å²) in [6, 6.07) is 0. The second-order valence-corrected chi connectivity index (χ2v) is 3.44. The standard InChI is InChI=1S/C10H18N3.Y/c1-2-3-4-5-6-7-8-10-9-11-13-12-10;/h9H,2-8H2,1H3;/q-1;. The van der Waals surface area contributed by atoms with Crippen LogP contribution in [0.4, 0.5) is 0 Å². The van der Waals surface area contributed by atoms with Gasteiger partial charge < -0.3 is 10.2 Å². The molecular weight excluding hydrogens is 251 g/mol. The zero-order chi connectivity index (χ0) is 9.36. The molecule has 0 aliphatic rings. The molecule has 0 aliphatic heterocycles. The smallest absolute Gasteiger partial charge is 0 e. The van der Waals surface area contributed by atoms with Crippen molar-refractivity contribution in [3.63, 3.8) is 0 Å². The van der Waals surface area contributed by atoms with Crippen molar-refractivity contribution in [2.45, 2.75) is 51.9 Å². The van der Waals surface area contributed by atoms with Gasteiger partial charge in [-0.3, -0.25) is 5.21 Å². The quantitative estimate of drug-likeness (QED) is 0.713. The maximum absolute atomic E-state index is 3.89. The Hall–Kier alpha value is 0.244. The van der Waals surface area contributed by atoms with Crippen LogP contribution in [0, 0.1) is 0 Å². The molecule has 1 radical (unpaired) electrons. The summed E-state index contributed by atoms with van der Waals surface area (Å²) in [6.07, 6.45) is 10.8. The van der Waals surface area contributed by atoms with Crippen molar-refractivity contribution in [2.75, 3.05) is 0 Å². The van der Waals surface area contributed by atoms with E-state index in [0.717, 1.165) is 12.1 Å². The molecule has 1 aromatic heterocycles. The number of hydrogen-bond donors (Lipinski definition) is 0. The van der Waals surface area contributed by atoms with Crippen LogP contribution in [0.1, 0.15) is 51.1 Å². The summed E-state index contributed by atoms with van der Waals surface area (Å²) in [4.78, 5) is 0. The normalized spacial score (nSPS) is 9.79. The van der Waals surface area contributed by atoms with Crippen LogP contribution in [0.3, 0.4) is 0 Å². The summed E-state index contributed by atoms with van der Waals surface area (Å²) in [6.45, 7) is 2.24. The maximum Gasteiger partial charge on any atom is 0 e. The van der Waals surface area contributed by atoms with Crippen molar-refractivity contribution in [1.82, 2.24) is 15.4 Å². The fourth-order valence-corrected chi connectivity index (χ4v) is 1.40. The molecule has 0 unspecified atom stereocenters. The van der Waals surface area contributed by atoms with Gasteiger partial charge in [0.25, 0.3) is 0 Å². The van der Waals surface area contributed by atoms with Gasteiger partial charge >= 0.3 is 0 Å². The fourth-order valence-electron chi connectivity index (χ4n) is 1.40. The molecule has 0 aromatic carbocycles. The first kappa shape index (κ1) is 14.2. The minimum atomic E-state index is 0. The van der Waals surface area contributed by atoms with E-state index in [1.807, 2.05) is 0 Å². The molecule has 0 N–H and O–H groups in total. The van der Waals surface area contributed by atoms with E-state index in [4.69, 9.17) is 0 Å². The predicted molar refractivity (Wildman–Crippen MR) is 52.4 cm³/mol. The number of unbranched alkanes of at least 4 members (excludes halogenated alkanes) is 5. The van der Waals surface area contributed by atoms with Crippen LogP contribution in [0.2, 0.25) is 0 Å². The Bertz CT molecular complexity index is 199. The SMILES string of the molecule is CCCCCCCCc1c[n-]nn1.[Y]. The van der Waals surface area contributed by atoms with Crippen LogP contribution in [0.5, 0.6) is 0 Å². The van der Waals surface area contributed by atoms with E-state index in [0.29, 0.717) is 0 Å². The number of rotatable bonds is 7. The van der Waals surface area contributed by atoms with Crippen molar-refractivity contribution in [2.24, 2.45) is 0 Å². The first-order chi connectivity index (χ1) is 6.43. The van der Waals surface area contributed by atoms with Gasteiger partial charge in [0.1, 0.15) is 0 Å². The summed E-state index contributed by atoms with van der Waals surface area (Å²) < 4.78 is 0. The van der Waals surface area contributed by atoms with Crippen LogP contribution in [-0.2, 0) is 39.1 Å². The van der Waals surface area contributed by atoms with E-state index in [1.54, 1.807) is 6.20 Å². The van der Waals surface area contributed by atoms with Crippen LogP contribution in [0.25, 0.3) is 0 Å². The molecule has 0 aliphatic carbocycles. The van der Waals surface area contributed by atoms with Crippen LogP contribution in [0.15, 0.2) is 6.20 Å². The molecule has 14 heavy (non-hydrogen) atoms. The van der Waals surface area contributed by atoms with Gasteiger partial charge in [-0.2, -0.15) is 0 Å². The van der Waals surface area contributed by atoms with Gasteiger partial charge in [-0.05, 0) is 12.8 Å². The van der Waals surface area contributed by atoms with Crippen molar-refractivity contribution in [3.8, 4) is 0 Å². The molecule has 0 bridgehead atoms. The van der Waals surface area contributed by atoms with Gasteiger partial charge in [0.15, 0.2) is 0 Å². The number of aromatic nitrogens is 3. The van der Waals surface area contributed by atoms with Gasteiger partial charge in [0, 0.05) is 32.7 Å². The van der Waals surface area contributed by atoms with Crippen molar-refractivity contribution in [1.29, 1.82) is 0 Å². The second kappa shape index (κ2) is 9.79. The summed E-state index contributed by atoms with van der Waals surface area (Å²) >= 11 is 0. The van der Waals surface area contributed by atoms with E-state index >= 15 is 0 Å². The topological polar surface area (TPSA) is 39.9 Å². The van der Waals surface area contributed by atoms with E-state index in [1.165, 1.54) is 38.5 Å². The predicted octanol–water partition coefficient (Wildman–Crippen LogP) is 2.33. The summed E-state index contributed by atoms with van der Waals surface area (Å²) in [5, 5.41) is 11.1. The molecule has 1 heterocycles. The molecule has 1 aromatic rings. The largest absolute Gasteiger partial charge is 0.358 e. The van der Waals surface area contributed by atoms with E-state index in [-0.39, 0.29) is 32.7 Å². The molecule has 0 atom stereocenters. The zero-order valence-corrected chi connectivity index (χ0v) is 11.8. The molecular formula is C10H18N3Y-. The minimum absolute atomic E-state index is 0. The zero-order valence-electron chi connectivity index (χ0n) is 8.95. The average molecular weight is 269 g/mol. The average Bonchev–Trinajstić information content (AvgIpc) is 2.63. The summed E-state index contributed by atoms with van der Waals surface area (Å²) in [5.41, 5.74) is 1.04. The first-order valence-corrected chi connectivity index (χ1v) is 5.23. The van der Waals surface area contributed by atoms with Crippen LogP contribution < -0.4 is 5.10 Å². The second-order valence-electron chi connectivity index (χ2n) is 3.44.